The lowest BCUT2D eigenvalue weighted by molar-refractivity contribution is -0.240. The normalized spacial score (nSPS) is 17.2. The van der Waals surface area contributed by atoms with E-state index in [0.717, 1.165) is 21.1 Å². The van der Waals surface area contributed by atoms with Crippen molar-refractivity contribution in [1.82, 2.24) is 0 Å². The molecule has 0 bridgehead atoms. The number of ether oxygens (including phenoxy) is 2. The first kappa shape index (κ1) is 15.6. The Bertz CT molecular complexity index is 656. The van der Waals surface area contributed by atoms with Gasteiger partial charge in [0.2, 0.25) is 5.78 Å². The number of hydrogen-bond donors (Lipinski definition) is 0. The minimum Gasteiger partial charge on any atom is -0.340 e. The van der Waals surface area contributed by atoms with E-state index in [-0.39, 0.29) is 5.78 Å². The van der Waals surface area contributed by atoms with E-state index >= 15 is 0 Å². The van der Waals surface area contributed by atoms with E-state index in [1.54, 1.807) is 0 Å². The predicted molar refractivity (Wildman–Crippen MR) is 92.9 cm³/mol. The maximum Gasteiger partial charge on any atom is 0.261 e. The van der Waals surface area contributed by atoms with Gasteiger partial charge in [0.25, 0.3) is 5.79 Å². The van der Waals surface area contributed by atoms with Crippen molar-refractivity contribution >= 4 is 28.4 Å². The van der Waals surface area contributed by atoms with Crippen LogP contribution >= 0.6 is 22.6 Å². The lowest BCUT2D eigenvalue weighted by Crippen LogP contribution is -2.45. The van der Waals surface area contributed by atoms with Gasteiger partial charge in [0.1, 0.15) is 0 Å². The first-order valence-corrected chi connectivity index (χ1v) is 8.35. The van der Waals surface area contributed by atoms with Gasteiger partial charge in [-0.15, -0.1) is 0 Å². The molecule has 22 heavy (non-hydrogen) atoms. The monoisotopic (exact) mass is 408 g/mol. The number of Topliss-reactive ketones (excluding diaryl/α,β-unsaturated/α-hetero) is 1. The molecule has 1 fully saturated rings. The minimum atomic E-state index is -1.32. The molecule has 0 spiro atoms. The Morgan fingerprint density at radius 1 is 1.00 bits per heavy atom. The zero-order chi connectivity index (χ0) is 15.6. The molecular formula is C18H17IO3. The molecule has 114 valence electrons. The zero-order valence-corrected chi connectivity index (χ0v) is 14.5. The Hall–Kier alpha value is -1.24. The molecule has 3 nitrogen and oxygen atoms in total. The van der Waals surface area contributed by atoms with Crippen molar-refractivity contribution in [3.05, 3.63) is 68.8 Å². The molecule has 1 saturated heterocycles. The Balaban J connectivity index is 2.03. The van der Waals surface area contributed by atoms with Crippen molar-refractivity contribution in [2.24, 2.45) is 0 Å². The quantitative estimate of drug-likeness (QED) is 0.568. The van der Waals surface area contributed by atoms with Gasteiger partial charge in [-0.25, -0.2) is 0 Å². The third kappa shape index (κ3) is 2.95. The Kier molecular flexibility index (Phi) is 4.61. The van der Waals surface area contributed by atoms with Gasteiger partial charge < -0.3 is 9.47 Å². The maximum absolute atomic E-state index is 13.1. The molecule has 2 aromatic carbocycles. The lowest BCUT2D eigenvalue weighted by atomic mass is 9.94. The van der Waals surface area contributed by atoms with Crippen LogP contribution in [0.25, 0.3) is 0 Å². The summed E-state index contributed by atoms with van der Waals surface area (Å²) in [6, 6.07) is 15.2. The molecule has 4 heteroatoms. The predicted octanol–water partition coefficient (Wildman–Crippen LogP) is 4.07. The molecule has 0 aliphatic carbocycles. The standard InChI is InChI=1S/C18H17IO3/c1-13-3-7-15(8-4-13)18(21-11-2-12-22-18)17(20)14-5-9-16(19)10-6-14/h3-10H,2,11-12H2,1H3. The summed E-state index contributed by atoms with van der Waals surface area (Å²) in [5, 5.41) is 0. The fourth-order valence-corrected chi connectivity index (χ4v) is 2.89. The molecule has 0 radical (unpaired) electrons. The number of hydrogen-bond acceptors (Lipinski definition) is 3. The first-order chi connectivity index (χ1) is 10.6. The number of ketones is 1. The summed E-state index contributed by atoms with van der Waals surface area (Å²) in [4.78, 5) is 13.1. The van der Waals surface area contributed by atoms with Crippen LogP contribution in [-0.2, 0) is 15.3 Å². The molecule has 0 aromatic heterocycles. The highest BCUT2D eigenvalue weighted by Crippen LogP contribution is 2.34. The molecule has 1 aliphatic rings. The second-order valence-corrected chi connectivity index (χ2v) is 6.61. The number of aryl methyl sites for hydroxylation is 1. The zero-order valence-electron chi connectivity index (χ0n) is 12.3. The van der Waals surface area contributed by atoms with E-state index in [4.69, 9.17) is 9.47 Å². The SMILES string of the molecule is Cc1ccc(C2(C(=O)c3ccc(I)cc3)OCCCO2)cc1. The molecule has 3 rings (SSSR count). The van der Waals surface area contributed by atoms with E-state index in [1.165, 1.54) is 0 Å². The summed E-state index contributed by atoms with van der Waals surface area (Å²) in [7, 11) is 0. The highest BCUT2D eigenvalue weighted by molar-refractivity contribution is 14.1. The van der Waals surface area contributed by atoms with E-state index in [1.807, 2.05) is 55.5 Å². The van der Waals surface area contributed by atoms with Crippen LogP contribution in [0.5, 0.6) is 0 Å². The minimum absolute atomic E-state index is 0.146. The van der Waals surface area contributed by atoms with Gasteiger partial charge in [-0.05, 0) is 48.1 Å². The average Bonchev–Trinajstić information content (AvgIpc) is 2.56. The molecule has 0 saturated carbocycles. The van der Waals surface area contributed by atoms with Gasteiger partial charge in [-0.1, -0.05) is 42.0 Å². The summed E-state index contributed by atoms with van der Waals surface area (Å²) in [5.74, 6) is -1.47. The van der Waals surface area contributed by atoms with Crippen molar-refractivity contribution in [3.8, 4) is 0 Å². The molecule has 0 unspecified atom stereocenters. The summed E-state index contributed by atoms with van der Waals surface area (Å²) in [6.45, 7) is 3.05. The first-order valence-electron chi connectivity index (χ1n) is 7.27. The largest absolute Gasteiger partial charge is 0.340 e. The van der Waals surface area contributed by atoms with Crippen LogP contribution in [-0.4, -0.2) is 19.0 Å². The van der Waals surface area contributed by atoms with E-state index in [9.17, 15) is 4.79 Å². The number of carbonyl (C=O) groups is 1. The second-order valence-electron chi connectivity index (χ2n) is 5.37. The summed E-state index contributed by atoms with van der Waals surface area (Å²) in [6.07, 6.45) is 0.799. The highest BCUT2D eigenvalue weighted by Gasteiger charge is 2.45. The van der Waals surface area contributed by atoms with Crippen molar-refractivity contribution in [2.75, 3.05) is 13.2 Å². The van der Waals surface area contributed by atoms with Crippen LogP contribution in [0.2, 0.25) is 0 Å². The third-order valence-electron chi connectivity index (χ3n) is 3.74. The number of benzene rings is 2. The van der Waals surface area contributed by atoms with Crippen molar-refractivity contribution in [2.45, 2.75) is 19.1 Å². The Morgan fingerprint density at radius 2 is 1.59 bits per heavy atom. The fraction of sp³-hybridized carbons (Fsp3) is 0.278. The smallest absolute Gasteiger partial charge is 0.261 e. The van der Waals surface area contributed by atoms with Crippen molar-refractivity contribution in [1.29, 1.82) is 0 Å². The second kappa shape index (κ2) is 6.48. The lowest BCUT2D eigenvalue weighted by Gasteiger charge is -2.36. The van der Waals surface area contributed by atoms with E-state index < -0.39 is 5.79 Å². The topological polar surface area (TPSA) is 35.5 Å². The Labute approximate surface area is 143 Å². The van der Waals surface area contributed by atoms with Gasteiger partial charge >= 0.3 is 0 Å². The molecule has 0 N–H and O–H groups in total. The molecule has 1 heterocycles. The van der Waals surface area contributed by atoms with Crippen molar-refractivity contribution in [3.63, 3.8) is 0 Å². The van der Waals surface area contributed by atoms with Crippen molar-refractivity contribution < 1.29 is 14.3 Å². The van der Waals surface area contributed by atoms with Gasteiger partial charge in [0.05, 0.1) is 13.2 Å². The summed E-state index contributed by atoms with van der Waals surface area (Å²) in [5.41, 5.74) is 2.49. The summed E-state index contributed by atoms with van der Waals surface area (Å²) >= 11 is 2.22. The van der Waals surface area contributed by atoms with Crippen LogP contribution in [0, 0.1) is 10.5 Å². The molecule has 2 aromatic rings. The van der Waals surface area contributed by atoms with E-state index in [2.05, 4.69) is 22.6 Å². The number of carbonyl (C=O) groups excluding carboxylic acids is 1. The van der Waals surface area contributed by atoms with Gasteiger partial charge in [0, 0.05) is 14.7 Å². The number of rotatable bonds is 3. The van der Waals surface area contributed by atoms with Crippen LogP contribution in [0.1, 0.15) is 27.9 Å². The molecule has 0 amide bonds. The van der Waals surface area contributed by atoms with Crippen LogP contribution in [0.15, 0.2) is 48.5 Å². The maximum atomic E-state index is 13.1. The van der Waals surface area contributed by atoms with Crippen LogP contribution < -0.4 is 0 Å². The van der Waals surface area contributed by atoms with Crippen LogP contribution in [0.4, 0.5) is 0 Å². The molecule has 1 aliphatic heterocycles. The average molecular weight is 408 g/mol. The highest BCUT2D eigenvalue weighted by atomic mass is 127. The van der Waals surface area contributed by atoms with Crippen LogP contribution in [0.3, 0.4) is 0 Å². The van der Waals surface area contributed by atoms with E-state index in [0.29, 0.717) is 18.8 Å². The third-order valence-corrected chi connectivity index (χ3v) is 4.46. The number of halogens is 1. The fourth-order valence-electron chi connectivity index (χ4n) is 2.53. The van der Waals surface area contributed by atoms with Gasteiger partial charge in [-0.3, -0.25) is 4.79 Å². The summed E-state index contributed by atoms with van der Waals surface area (Å²) < 4.78 is 12.8. The van der Waals surface area contributed by atoms with Gasteiger partial charge in [0.15, 0.2) is 0 Å². The molecular weight excluding hydrogens is 391 g/mol. The Morgan fingerprint density at radius 3 is 2.18 bits per heavy atom. The molecule has 0 atom stereocenters. The van der Waals surface area contributed by atoms with Gasteiger partial charge in [-0.2, -0.15) is 0 Å².